The zero-order chi connectivity index (χ0) is 18.5. The first-order valence-corrected chi connectivity index (χ1v) is 8.92. The monoisotopic (exact) mass is 352 g/mol. The summed E-state index contributed by atoms with van der Waals surface area (Å²) in [5, 5.41) is 0. The van der Waals surface area contributed by atoms with Crippen molar-refractivity contribution in [3.8, 4) is 11.5 Å². The number of carbonyl (C=O) groups excluding carboxylic acids is 2. The van der Waals surface area contributed by atoms with Crippen molar-refractivity contribution in [2.75, 3.05) is 24.5 Å². The number of ether oxygens (including phenoxy) is 1. The molecule has 0 bridgehead atoms. The van der Waals surface area contributed by atoms with Gasteiger partial charge in [-0.3, -0.25) is 14.5 Å². The number of hydrogen-bond donors (Lipinski definition) is 0. The second-order valence-corrected chi connectivity index (χ2v) is 6.72. The number of carbonyl (C=O) groups is 2. The molecule has 5 nitrogen and oxygen atoms in total. The summed E-state index contributed by atoms with van der Waals surface area (Å²) in [6.45, 7) is 5.15. The van der Waals surface area contributed by atoms with E-state index in [0.717, 1.165) is 19.5 Å². The lowest BCUT2D eigenvalue weighted by Crippen LogP contribution is -2.41. The highest BCUT2D eigenvalue weighted by molar-refractivity contribution is 5.98. The van der Waals surface area contributed by atoms with Gasteiger partial charge in [-0.2, -0.15) is 0 Å². The van der Waals surface area contributed by atoms with E-state index < -0.39 is 0 Å². The van der Waals surface area contributed by atoms with Crippen molar-refractivity contribution < 1.29 is 14.3 Å². The second kappa shape index (κ2) is 8.04. The van der Waals surface area contributed by atoms with E-state index in [1.54, 1.807) is 12.1 Å². The van der Waals surface area contributed by atoms with Crippen LogP contribution >= 0.6 is 0 Å². The number of hydrogen-bond acceptors (Lipinski definition) is 3. The molecule has 2 amide bonds. The predicted octanol–water partition coefficient (Wildman–Crippen LogP) is 3.70. The molecule has 3 rings (SSSR count). The Morgan fingerprint density at radius 2 is 1.81 bits per heavy atom. The minimum atomic E-state index is -0.185. The highest BCUT2D eigenvalue weighted by Crippen LogP contribution is 2.32. The molecular formula is C21H24N2O3. The van der Waals surface area contributed by atoms with Gasteiger partial charge in [-0.1, -0.05) is 37.3 Å². The van der Waals surface area contributed by atoms with Crippen molar-refractivity contribution in [2.45, 2.75) is 20.3 Å². The number of para-hydroxylation sites is 3. The Bertz CT molecular complexity index is 776. The Morgan fingerprint density at radius 1 is 1.12 bits per heavy atom. The predicted molar refractivity (Wildman–Crippen MR) is 101 cm³/mol. The third kappa shape index (κ3) is 4.23. The van der Waals surface area contributed by atoms with E-state index in [2.05, 4.69) is 6.92 Å². The van der Waals surface area contributed by atoms with Crippen molar-refractivity contribution in [1.29, 1.82) is 0 Å². The van der Waals surface area contributed by atoms with Crippen LogP contribution in [0, 0.1) is 5.92 Å². The lowest BCUT2D eigenvalue weighted by Gasteiger charge is -2.25. The molecule has 26 heavy (non-hydrogen) atoms. The van der Waals surface area contributed by atoms with E-state index >= 15 is 0 Å². The number of rotatable bonds is 5. The van der Waals surface area contributed by atoms with E-state index in [1.165, 1.54) is 11.8 Å². The molecule has 2 aromatic carbocycles. The molecule has 136 valence electrons. The Hall–Kier alpha value is -2.82. The highest BCUT2D eigenvalue weighted by Gasteiger charge is 2.27. The number of anilines is 1. The summed E-state index contributed by atoms with van der Waals surface area (Å²) >= 11 is 0. The Labute approximate surface area is 154 Å². The van der Waals surface area contributed by atoms with E-state index in [4.69, 9.17) is 4.74 Å². The molecule has 2 aromatic rings. The SMILES string of the molecule is CC(=O)N(CC(=O)N1CCC(C)C1)c1ccccc1Oc1ccccc1. The second-order valence-electron chi connectivity index (χ2n) is 6.72. The molecule has 0 N–H and O–H groups in total. The van der Waals surface area contributed by atoms with Gasteiger partial charge in [0, 0.05) is 20.0 Å². The highest BCUT2D eigenvalue weighted by atomic mass is 16.5. The van der Waals surface area contributed by atoms with Crippen LogP contribution in [0.2, 0.25) is 0 Å². The van der Waals surface area contributed by atoms with Gasteiger partial charge < -0.3 is 9.64 Å². The Balaban J connectivity index is 1.82. The van der Waals surface area contributed by atoms with Gasteiger partial charge in [0.2, 0.25) is 11.8 Å². The molecule has 1 heterocycles. The lowest BCUT2D eigenvalue weighted by molar-refractivity contribution is -0.130. The van der Waals surface area contributed by atoms with Crippen LogP contribution in [0.25, 0.3) is 0 Å². The van der Waals surface area contributed by atoms with E-state index in [9.17, 15) is 9.59 Å². The van der Waals surface area contributed by atoms with Gasteiger partial charge in [0.25, 0.3) is 0 Å². The third-order valence-corrected chi connectivity index (χ3v) is 4.58. The maximum absolute atomic E-state index is 12.6. The molecule has 1 saturated heterocycles. The van der Waals surface area contributed by atoms with Crippen LogP contribution in [0.3, 0.4) is 0 Å². The molecule has 0 aromatic heterocycles. The Kier molecular flexibility index (Phi) is 5.56. The average Bonchev–Trinajstić information content (AvgIpc) is 3.07. The maximum Gasteiger partial charge on any atom is 0.242 e. The van der Waals surface area contributed by atoms with Crippen molar-refractivity contribution in [2.24, 2.45) is 5.92 Å². The molecule has 1 aliphatic heterocycles. The van der Waals surface area contributed by atoms with Crippen molar-refractivity contribution >= 4 is 17.5 Å². The van der Waals surface area contributed by atoms with Gasteiger partial charge in [-0.05, 0) is 36.6 Å². The van der Waals surface area contributed by atoms with Gasteiger partial charge in [-0.15, -0.1) is 0 Å². The summed E-state index contributed by atoms with van der Waals surface area (Å²) in [5.41, 5.74) is 0.601. The van der Waals surface area contributed by atoms with E-state index in [1.807, 2.05) is 47.4 Å². The summed E-state index contributed by atoms with van der Waals surface area (Å²) < 4.78 is 5.95. The van der Waals surface area contributed by atoms with Crippen LogP contribution in [-0.2, 0) is 9.59 Å². The summed E-state index contributed by atoms with van der Waals surface area (Å²) in [7, 11) is 0. The summed E-state index contributed by atoms with van der Waals surface area (Å²) in [6.07, 6.45) is 1.01. The molecule has 0 spiro atoms. The van der Waals surface area contributed by atoms with Crippen LogP contribution < -0.4 is 9.64 Å². The number of likely N-dealkylation sites (tertiary alicyclic amines) is 1. The van der Waals surface area contributed by atoms with Crippen molar-refractivity contribution in [3.05, 3.63) is 54.6 Å². The minimum Gasteiger partial charge on any atom is -0.455 e. The fourth-order valence-corrected chi connectivity index (χ4v) is 3.14. The lowest BCUT2D eigenvalue weighted by atomic mass is 10.2. The molecule has 1 atom stereocenters. The topological polar surface area (TPSA) is 49.9 Å². The normalized spacial score (nSPS) is 16.4. The third-order valence-electron chi connectivity index (χ3n) is 4.58. The Morgan fingerprint density at radius 3 is 2.46 bits per heavy atom. The van der Waals surface area contributed by atoms with Gasteiger partial charge in [0.1, 0.15) is 12.3 Å². The molecule has 0 aliphatic carbocycles. The van der Waals surface area contributed by atoms with Gasteiger partial charge in [-0.25, -0.2) is 0 Å². The van der Waals surface area contributed by atoms with E-state index in [0.29, 0.717) is 23.1 Å². The van der Waals surface area contributed by atoms with Gasteiger partial charge in [0.15, 0.2) is 5.75 Å². The first-order valence-electron chi connectivity index (χ1n) is 8.92. The number of nitrogens with zero attached hydrogens (tertiary/aromatic N) is 2. The largest absolute Gasteiger partial charge is 0.455 e. The van der Waals surface area contributed by atoms with Crippen LogP contribution in [-0.4, -0.2) is 36.3 Å². The van der Waals surface area contributed by atoms with Crippen molar-refractivity contribution in [3.63, 3.8) is 0 Å². The molecule has 0 saturated carbocycles. The number of benzene rings is 2. The van der Waals surface area contributed by atoms with Gasteiger partial charge >= 0.3 is 0 Å². The molecule has 0 radical (unpaired) electrons. The average molecular weight is 352 g/mol. The fourth-order valence-electron chi connectivity index (χ4n) is 3.14. The first-order chi connectivity index (χ1) is 12.5. The standard InChI is InChI=1S/C21H24N2O3/c1-16-12-13-22(14-16)21(25)15-23(17(2)24)19-10-6-7-11-20(19)26-18-8-4-3-5-9-18/h3-11,16H,12-15H2,1-2H3. The van der Waals surface area contributed by atoms with Crippen molar-refractivity contribution in [1.82, 2.24) is 4.90 Å². The summed E-state index contributed by atoms with van der Waals surface area (Å²) in [6, 6.07) is 16.7. The van der Waals surface area contributed by atoms with Crippen LogP contribution in [0.4, 0.5) is 5.69 Å². The molecule has 5 heteroatoms. The molecule has 1 aliphatic rings. The minimum absolute atomic E-state index is 0.0250. The van der Waals surface area contributed by atoms with Gasteiger partial charge in [0.05, 0.1) is 5.69 Å². The smallest absolute Gasteiger partial charge is 0.242 e. The quantitative estimate of drug-likeness (QED) is 0.824. The van der Waals surface area contributed by atoms with E-state index in [-0.39, 0.29) is 18.4 Å². The molecule has 1 fully saturated rings. The molecular weight excluding hydrogens is 328 g/mol. The summed E-state index contributed by atoms with van der Waals surface area (Å²) in [5.74, 6) is 1.53. The first kappa shape index (κ1) is 18.0. The van der Waals surface area contributed by atoms with Crippen LogP contribution in [0.5, 0.6) is 11.5 Å². The fraction of sp³-hybridized carbons (Fsp3) is 0.333. The summed E-state index contributed by atoms with van der Waals surface area (Å²) in [4.78, 5) is 28.2. The molecule has 1 unspecified atom stereocenters. The number of amides is 2. The van der Waals surface area contributed by atoms with Crippen LogP contribution in [0.15, 0.2) is 54.6 Å². The zero-order valence-electron chi connectivity index (χ0n) is 15.2. The maximum atomic E-state index is 12.6. The zero-order valence-corrected chi connectivity index (χ0v) is 15.2. The van der Waals surface area contributed by atoms with Crippen LogP contribution in [0.1, 0.15) is 20.3 Å².